The number of benzene rings is 1. The maximum absolute atomic E-state index is 11.5. The highest BCUT2D eigenvalue weighted by molar-refractivity contribution is 8.15. The molecular formula is C12H12N4O3S. The van der Waals surface area contributed by atoms with Crippen LogP contribution in [0.15, 0.2) is 29.3 Å². The van der Waals surface area contributed by atoms with Gasteiger partial charge in [-0.15, -0.1) is 0 Å². The van der Waals surface area contributed by atoms with Crippen LogP contribution in [0.25, 0.3) is 0 Å². The lowest BCUT2D eigenvalue weighted by Gasteiger charge is -2.19. The van der Waals surface area contributed by atoms with Crippen LogP contribution in [0, 0.1) is 6.92 Å². The third-order valence-corrected chi connectivity index (χ3v) is 3.53. The van der Waals surface area contributed by atoms with Crippen LogP contribution in [0.1, 0.15) is 5.56 Å². The number of imide groups is 2. The number of aryl methyl sites for hydroxylation is 1. The maximum atomic E-state index is 11.5. The number of rotatable bonds is 2. The highest BCUT2D eigenvalue weighted by atomic mass is 32.2. The lowest BCUT2D eigenvalue weighted by molar-refractivity contribution is -0.128. The Morgan fingerprint density at radius 1 is 1.20 bits per heavy atom. The van der Waals surface area contributed by atoms with Gasteiger partial charge in [-0.05, 0) is 18.6 Å². The van der Waals surface area contributed by atoms with Gasteiger partial charge in [0.15, 0.2) is 10.4 Å². The Morgan fingerprint density at radius 2 is 1.80 bits per heavy atom. The molecule has 8 heteroatoms. The van der Waals surface area contributed by atoms with Crippen molar-refractivity contribution in [3.05, 3.63) is 29.8 Å². The van der Waals surface area contributed by atoms with Gasteiger partial charge in [-0.25, -0.2) is 9.79 Å². The summed E-state index contributed by atoms with van der Waals surface area (Å²) in [6.45, 7) is 1.87. The third-order valence-electron chi connectivity index (χ3n) is 2.53. The molecule has 1 aliphatic heterocycles. The summed E-state index contributed by atoms with van der Waals surface area (Å²) in [7, 11) is 0. The topological polar surface area (TPSA) is 114 Å². The van der Waals surface area contributed by atoms with E-state index in [0.717, 1.165) is 17.3 Å². The van der Waals surface area contributed by atoms with Gasteiger partial charge in [0.2, 0.25) is 0 Å². The second kappa shape index (κ2) is 5.74. The minimum atomic E-state index is -1.12. The minimum Gasteiger partial charge on any atom is -0.378 e. The number of carbonyl (C=O) groups excluding carboxylic acids is 3. The van der Waals surface area contributed by atoms with E-state index in [1.807, 2.05) is 35.8 Å². The van der Waals surface area contributed by atoms with Gasteiger partial charge in [0.1, 0.15) is 0 Å². The summed E-state index contributed by atoms with van der Waals surface area (Å²) in [6, 6.07) is 6.49. The second-order valence-electron chi connectivity index (χ2n) is 4.04. The van der Waals surface area contributed by atoms with Crippen LogP contribution < -0.4 is 16.4 Å². The Hall–Kier alpha value is -2.35. The molecule has 0 spiro atoms. The zero-order valence-electron chi connectivity index (χ0n) is 10.5. The molecule has 1 saturated heterocycles. The fourth-order valence-electron chi connectivity index (χ4n) is 1.57. The fourth-order valence-corrected chi connectivity index (χ4v) is 2.29. The predicted octanol–water partition coefficient (Wildman–Crippen LogP) is 0.409. The fraction of sp³-hybridized carbons (Fsp3) is 0.167. The maximum Gasteiger partial charge on any atom is 0.328 e. The Morgan fingerprint density at radius 3 is 2.40 bits per heavy atom. The average molecular weight is 292 g/mol. The van der Waals surface area contributed by atoms with E-state index in [-0.39, 0.29) is 5.17 Å². The molecule has 7 nitrogen and oxygen atoms in total. The summed E-state index contributed by atoms with van der Waals surface area (Å²) in [5.74, 6) is -1.40. The van der Waals surface area contributed by atoms with E-state index < -0.39 is 23.1 Å². The Bertz CT molecular complexity index is 594. The molecule has 4 amide bonds. The normalized spacial score (nSPS) is 16.9. The molecule has 2 rings (SSSR count). The molecule has 1 aromatic carbocycles. The van der Waals surface area contributed by atoms with Crippen molar-refractivity contribution in [2.24, 2.45) is 10.7 Å². The van der Waals surface area contributed by atoms with Crippen LogP contribution in [-0.2, 0) is 9.59 Å². The zero-order chi connectivity index (χ0) is 14.7. The summed E-state index contributed by atoms with van der Waals surface area (Å²) < 4.78 is 0. The number of aliphatic imine (C=N–C) groups is 1. The molecule has 1 aromatic rings. The van der Waals surface area contributed by atoms with Crippen molar-refractivity contribution in [2.75, 3.05) is 0 Å². The zero-order valence-corrected chi connectivity index (χ0v) is 11.4. The Balaban J connectivity index is 2.13. The number of amides is 4. The van der Waals surface area contributed by atoms with E-state index in [1.54, 1.807) is 6.07 Å². The van der Waals surface area contributed by atoms with Crippen LogP contribution in [0.5, 0.6) is 0 Å². The van der Waals surface area contributed by atoms with Crippen molar-refractivity contribution < 1.29 is 14.4 Å². The smallest absolute Gasteiger partial charge is 0.328 e. The first kappa shape index (κ1) is 14.1. The van der Waals surface area contributed by atoms with E-state index in [2.05, 4.69) is 4.99 Å². The molecule has 0 atom stereocenters. The van der Waals surface area contributed by atoms with Crippen molar-refractivity contribution in [3.8, 4) is 0 Å². The number of amidine groups is 1. The van der Waals surface area contributed by atoms with Gasteiger partial charge >= 0.3 is 6.03 Å². The van der Waals surface area contributed by atoms with Crippen molar-refractivity contribution in [2.45, 2.75) is 12.2 Å². The number of hydrogen-bond acceptors (Lipinski definition) is 5. The van der Waals surface area contributed by atoms with Gasteiger partial charge in [-0.1, -0.05) is 30.0 Å². The van der Waals surface area contributed by atoms with Crippen LogP contribution in [0.2, 0.25) is 0 Å². The molecule has 4 N–H and O–H groups in total. The van der Waals surface area contributed by atoms with Gasteiger partial charge in [-0.2, -0.15) is 0 Å². The van der Waals surface area contributed by atoms with Crippen LogP contribution >= 0.6 is 11.8 Å². The first-order valence-corrected chi connectivity index (χ1v) is 6.57. The molecule has 0 radical (unpaired) electrons. The summed E-state index contributed by atoms with van der Waals surface area (Å²) in [5, 5.41) is 2.95. The van der Waals surface area contributed by atoms with Gasteiger partial charge in [-0.3, -0.25) is 20.2 Å². The number of para-hydroxylation sites is 1. The monoisotopic (exact) mass is 292 g/mol. The summed E-state index contributed by atoms with van der Waals surface area (Å²) >= 11 is 0.794. The van der Waals surface area contributed by atoms with E-state index in [0.29, 0.717) is 5.69 Å². The van der Waals surface area contributed by atoms with Gasteiger partial charge in [0, 0.05) is 0 Å². The molecule has 1 aliphatic rings. The first-order chi connectivity index (χ1) is 9.47. The molecule has 0 bridgehead atoms. The predicted molar refractivity (Wildman–Crippen MR) is 75.5 cm³/mol. The first-order valence-electron chi connectivity index (χ1n) is 5.69. The highest BCUT2D eigenvalue weighted by Crippen LogP contribution is 2.21. The largest absolute Gasteiger partial charge is 0.378 e. The lowest BCUT2D eigenvalue weighted by atomic mass is 10.2. The van der Waals surface area contributed by atoms with Gasteiger partial charge < -0.3 is 5.73 Å². The van der Waals surface area contributed by atoms with E-state index in [4.69, 9.17) is 5.73 Å². The quantitative estimate of drug-likeness (QED) is 0.415. The van der Waals surface area contributed by atoms with Crippen molar-refractivity contribution >= 4 is 40.5 Å². The Labute approximate surface area is 119 Å². The number of nitrogens with two attached hydrogens (primary N) is 1. The number of nitrogens with one attached hydrogen (secondary N) is 2. The number of hydrogen-bond donors (Lipinski definition) is 3. The third kappa shape index (κ3) is 3.15. The molecule has 0 aromatic heterocycles. The standard InChI is InChI=1S/C12H12N4O3S/c1-6-4-2-3-5-7(6)14-11(13)20-8-9(17)15-12(19)16-10(8)18/h2-5,8H,1H3,(H2,13,14)(H2,15,16,17,18,19). The minimum absolute atomic E-state index is 0.0731. The van der Waals surface area contributed by atoms with Crippen molar-refractivity contribution in [1.82, 2.24) is 10.6 Å². The van der Waals surface area contributed by atoms with E-state index >= 15 is 0 Å². The summed E-state index contributed by atoms with van der Waals surface area (Å²) in [4.78, 5) is 38.2. The van der Waals surface area contributed by atoms with Crippen molar-refractivity contribution in [1.29, 1.82) is 0 Å². The summed E-state index contributed by atoms with van der Waals surface area (Å²) in [5.41, 5.74) is 7.31. The molecular weight excluding hydrogens is 280 g/mol. The number of thioether (sulfide) groups is 1. The second-order valence-corrected chi connectivity index (χ2v) is 5.17. The number of carbonyl (C=O) groups is 3. The van der Waals surface area contributed by atoms with E-state index in [9.17, 15) is 14.4 Å². The summed E-state index contributed by atoms with van der Waals surface area (Å²) in [6.07, 6.45) is 0. The number of barbiturate groups is 1. The number of urea groups is 1. The molecule has 1 fully saturated rings. The molecule has 0 unspecified atom stereocenters. The Kier molecular flexibility index (Phi) is 4.04. The van der Waals surface area contributed by atoms with Gasteiger partial charge in [0.05, 0.1) is 5.69 Å². The molecule has 20 heavy (non-hydrogen) atoms. The van der Waals surface area contributed by atoms with Crippen LogP contribution in [-0.4, -0.2) is 28.3 Å². The molecule has 0 aliphatic carbocycles. The average Bonchev–Trinajstić information content (AvgIpc) is 2.36. The van der Waals surface area contributed by atoms with Crippen LogP contribution in [0.3, 0.4) is 0 Å². The SMILES string of the molecule is Cc1ccccc1N=C(N)SC1C(=O)NC(=O)NC1=O. The number of nitrogens with zero attached hydrogens (tertiary/aromatic N) is 1. The van der Waals surface area contributed by atoms with Crippen molar-refractivity contribution in [3.63, 3.8) is 0 Å². The molecule has 1 heterocycles. The van der Waals surface area contributed by atoms with E-state index in [1.165, 1.54) is 0 Å². The van der Waals surface area contributed by atoms with Gasteiger partial charge in [0.25, 0.3) is 11.8 Å². The molecule has 0 saturated carbocycles. The molecule has 104 valence electrons. The van der Waals surface area contributed by atoms with Crippen LogP contribution in [0.4, 0.5) is 10.5 Å². The highest BCUT2D eigenvalue weighted by Gasteiger charge is 2.35. The lowest BCUT2D eigenvalue weighted by Crippen LogP contribution is -2.57.